The highest BCUT2D eigenvalue weighted by atomic mass is 35.5. The zero-order chi connectivity index (χ0) is 22.7. The van der Waals surface area contributed by atoms with Crippen LogP contribution in [0.5, 0.6) is 0 Å². The van der Waals surface area contributed by atoms with Gasteiger partial charge in [-0.1, -0.05) is 23.7 Å². The zero-order valence-electron chi connectivity index (χ0n) is 18.1. The number of hydrogen-bond donors (Lipinski definition) is 1. The van der Waals surface area contributed by atoms with Crippen molar-refractivity contribution < 1.29 is 19.1 Å². The second kappa shape index (κ2) is 9.73. The molecule has 1 aliphatic carbocycles. The van der Waals surface area contributed by atoms with Crippen LogP contribution in [0.25, 0.3) is 0 Å². The van der Waals surface area contributed by atoms with Gasteiger partial charge in [0.1, 0.15) is 0 Å². The maximum absolute atomic E-state index is 12.9. The average Bonchev–Trinajstić information content (AvgIpc) is 3.52. The number of rotatable bonds is 8. The Morgan fingerprint density at radius 1 is 1.28 bits per heavy atom. The predicted octanol–water partition coefficient (Wildman–Crippen LogP) is 2.37. The van der Waals surface area contributed by atoms with Crippen LogP contribution < -0.4 is 5.32 Å². The molecule has 170 valence electrons. The summed E-state index contributed by atoms with van der Waals surface area (Å²) in [5.74, 6) is -0.116. The summed E-state index contributed by atoms with van der Waals surface area (Å²) in [7, 11) is 1.31. The molecule has 1 aromatic heterocycles. The monoisotopic (exact) mass is 458 g/mol. The lowest BCUT2D eigenvalue weighted by Gasteiger charge is -2.28. The van der Waals surface area contributed by atoms with E-state index in [1.807, 2.05) is 16.8 Å². The van der Waals surface area contributed by atoms with Crippen LogP contribution in [0.1, 0.15) is 46.6 Å². The van der Waals surface area contributed by atoms with Gasteiger partial charge < -0.3 is 15.0 Å². The molecule has 2 heterocycles. The first kappa shape index (κ1) is 22.3. The topological polar surface area (TPSA) is 93.5 Å². The molecule has 32 heavy (non-hydrogen) atoms. The molecule has 1 fully saturated rings. The number of nitrogens with one attached hydrogen (secondary N) is 1. The SMILES string of the molecule is COC(=O)CCNC(=O)c1nn(CC2CC2)c2c1CN(C(=O)Cc1cccc(Cl)c1)CC2. The molecule has 2 amide bonds. The van der Waals surface area contributed by atoms with Crippen LogP contribution >= 0.6 is 11.6 Å². The molecule has 1 aliphatic heterocycles. The van der Waals surface area contributed by atoms with Crippen molar-refractivity contribution in [1.82, 2.24) is 20.0 Å². The lowest BCUT2D eigenvalue weighted by Crippen LogP contribution is -2.38. The van der Waals surface area contributed by atoms with E-state index in [0.29, 0.717) is 36.1 Å². The van der Waals surface area contributed by atoms with Crippen molar-refractivity contribution in [1.29, 1.82) is 0 Å². The van der Waals surface area contributed by atoms with Gasteiger partial charge in [0, 0.05) is 48.9 Å². The van der Waals surface area contributed by atoms with Crippen LogP contribution in [-0.4, -0.2) is 52.7 Å². The van der Waals surface area contributed by atoms with Crippen molar-refractivity contribution >= 4 is 29.4 Å². The summed E-state index contributed by atoms with van der Waals surface area (Å²) in [5.41, 5.74) is 3.03. The Bertz CT molecular complexity index is 1030. The number of aromatic nitrogens is 2. The highest BCUT2D eigenvalue weighted by Crippen LogP contribution is 2.32. The Morgan fingerprint density at radius 2 is 2.09 bits per heavy atom. The van der Waals surface area contributed by atoms with E-state index in [2.05, 4.69) is 15.2 Å². The van der Waals surface area contributed by atoms with Crippen LogP contribution in [0.2, 0.25) is 5.02 Å². The zero-order valence-corrected chi connectivity index (χ0v) is 18.9. The van der Waals surface area contributed by atoms with Gasteiger partial charge >= 0.3 is 5.97 Å². The third kappa shape index (κ3) is 5.30. The van der Waals surface area contributed by atoms with Gasteiger partial charge in [-0.2, -0.15) is 5.10 Å². The number of halogens is 1. The molecule has 9 heteroatoms. The maximum Gasteiger partial charge on any atom is 0.307 e. The van der Waals surface area contributed by atoms with Crippen LogP contribution in [0, 0.1) is 5.92 Å². The molecule has 0 bridgehead atoms. The molecule has 1 aromatic carbocycles. The summed E-state index contributed by atoms with van der Waals surface area (Å²) < 4.78 is 6.56. The molecule has 0 unspecified atom stereocenters. The van der Waals surface area contributed by atoms with Gasteiger partial charge in [0.05, 0.1) is 20.0 Å². The molecule has 4 rings (SSSR count). The highest BCUT2D eigenvalue weighted by Gasteiger charge is 2.32. The minimum absolute atomic E-state index is 0.00934. The van der Waals surface area contributed by atoms with E-state index < -0.39 is 0 Å². The molecule has 2 aromatic rings. The van der Waals surface area contributed by atoms with Gasteiger partial charge in [0.2, 0.25) is 5.91 Å². The second-order valence-electron chi connectivity index (χ2n) is 8.35. The van der Waals surface area contributed by atoms with Gasteiger partial charge in [0.25, 0.3) is 5.91 Å². The number of methoxy groups -OCH3 is 1. The van der Waals surface area contributed by atoms with Crippen LogP contribution in [0.4, 0.5) is 0 Å². The molecule has 8 nitrogen and oxygen atoms in total. The number of carbonyl (C=O) groups excluding carboxylic acids is 3. The molecule has 1 N–H and O–H groups in total. The fraction of sp³-hybridized carbons (Fsp3) is 0.478. The predicted molar refractivity (Wildman–Crippen MR) is 118 cm³/mol. The van der Waals surface area contributed by atoms with Gasteiger partial charge in [-0.25, -0.2) is 0 Å². The van der Waals surface area contributed by atoms with E-state index in [1.54, 1.807) is 17.0 Å². The van der Waals surface area contributed by atoms with E-state index in [4.69, 9.17) is 11.6 Å². The smallest absolute Gasteiger partial charge is 0.307 e. The molecular weight excluding hydrogens is 432 g/mol. The first-order valence-electron chi connectivity index (χ1n) is 10.9. The highest BCUT2D eigenvalue weighted by molar-refractivity contribution is 6.30. The summed E-state index contributed by atoms with van der Waals surface area (Å²) >= 11 is 6.05. The molecule has 0 spiro atoms. The third-order valence-corrected chi connectivity index (χ3v) is 6.15. The number of hydrogen-bond acceptors (Lipinski definition) is 5. The Labute approximate surface area is 191 Å². The van der Waals surface area contributed by atoms with Crippen molar-refractivity contribution in [2.24, 2.45) is 5.92 Å². The Morgan fingerprint density at radius 3 is 2.81 bits per heavy atom. The Balaban J connectivity index is 1.49. The van der Waals surface area contributed by atoms with Crippen LogP contribution in [-0.2, 0) is 40.3 Å². The number of benzene rings is 1. The van der Waals surface area contributed by atoms with Crippen molar-refractivity contribution in [3.8, 4) is 0 Å². The molecule has 0 radical (unpaired) electrons. The Kier molecular flexibility index (Phi) is 6.79. The van der Waals surface area contributed by atoms with E-state index in [0.717, 1.165) is 23.4 Å². The number of fused-ring (bicyclic) bond motifs is 1. The molecule has 2 aliphatic rings. The van der Waals surface area contributed by atoms with Gasteiger partial charge in [-0.15, -0.1) is 0 Å². The number of ether oxygens (including phenoxy) is 1. The summed E-state index contributed by atoms with van der Waals surface area (Å²) in [6, 6.07) is 7.29. The lowest BCUT2D eigenvalue weighted by molar-refractivity contribution is -0.140. The first-order chi connectivity index (χ1) is 15.4. The number of esters is 1. The van der Waals surface area contributed by atoms with Gasteiger partial charge in [-0.05, 0) is 36.5 Å². The Hall–Kier alpha value is -2.87. The van der Waals surface area contributed by atoms with E-state index in [1.165, 1.54) is 20.0 Å². The molecular formula is C23H27ClN4O4. The van der Waals surface area contributed by atoms with E-state index in [9.17, 15) is 14.4 Å². The largest absolute Gasteiger partial charge is 0.469 e. The van der Waals surface area contributed by atoms with Crippen molar-refractivity contribution in [3.63, 3.8) is 0 Å². The van der Waals surface area contributed by atoms with Crippen molar-refractivity contribution in [3.05, 3.63) is 51.8 Å². The number of nitrogens with zero attached hydrogens (tertiary/aromatic N) is 3. The van der Waals surface area contributed by atoms with Crippen LogP contribution in [0.3, 0.4) is 0 Å². The summed E-state index contributed by atoms with van der Waals surface area (Å²) in [5, 5.41) is 7.97. The number of amides is 2. The lowest BCUT2D eigenvalue weighted by atomic mass is 10.0. The molecule has 0 saturated heterocycles. The first-order valence-corrected chi connectivity index (χ1v) is 11.3. The van der Waals surface area contributed by atoms with Gasteiger partial charge in [0.15, 0.2) is 5.69 Å². The fourth-order valence-electron chi connectivity index (χ4n) is 3.98. The summed E-state index contributed by atoms with van der Waals surface area (Å²) in [6.07, 6.45) is 3.37. The third-order valence-electron chi connectivity index (χ3n) is 5.92. The van der Waals surface area contributed by atoms with Crippen molar-refractivity contribution in [2.75, 3.05) is 20.2 Å². The summed E-state index contributed by atoms with van der Waals surface area (Å²) in [4.78, 5) is 38.9. The minimum Gasteiger partial charge on any atom is -0.469 e. The minimum atomic E-state index is -0.385. The second-order valence-corrected chi connectivity index (χ2v) is 8.79. The maximum atomic E-state index is 12.9. The van der Waals surface area contributed by atoms with E-state index in [-0.39, 0.29) is 37.2 Å². The quantitative estimate of drug-likeness (QED) is 0.613. The van der Waals surface area contributed by atoms with Crippen LogP contribution in [0.15, 0.2) is 24.3 Å². The van der Waals surface area contributed by atoms with Crippen molar-refractivity contribution in [2.45, 2.75) is 45.2 Å². The van der Waals surface area contributed by atoms with Gasteiger partial charge in [-0.3, -0.25) is 19.1 Å². The fourth-order valence-corrected chi connectivity index (χ4v) is 4.19. The summed E-state index contributed by atoms with van der Waals surface area (Å²) in [6.45, 7) is 1.91. The molecule has 0 atom stereocenters. The molecule has 1 saturated carbocycles. The number of carbonyl (C=O) groups is 3. The van der Waals surface area contributed by atoms with E-state index >= 15 is 0 Å². The standard InChI is InChI=1S/C23H27ClN4O4/c1-32-21(30)7-9-25-23(31)22-18-14-27(20(29)12-16-3-2-4-17(24)11-16)10-8-19(18)28(26-22)13-15-5-6-15/h2-4,11,15H,5-10,12-14H2,1H3,(H,25,31). The average molecular weight is 459 g/mol. The normalized spacial score (nSPS) is 15.2.